The van der Waals surface area contributed by atoms with Crippen molar-refractivity contribution >= 4 is 35.1 Å². The van der Waals surface area contributed by atoms with E-state index in [0.29, 0.717) is 11.2 Å². The number of hydrogen-bond donors (Lipinski definition) is 1. The molecular formula is C37H51N5OS. The highest BCUT2D eigenvalue weighted by Crippen LogP contribution is 2.31. The number of nitrogens with zero attached hydrogens (tertiary/aromatic N) is 4. The number of rotatable bonds is 15. The number of para-hydroxylation sites is 2. The van der Waals surface area contributed by atoms with Crippen molar-refractivity contribution in [3.05, 3.63) is 96.1 Å². The highest BCUT2D eigenvalue weighted by atomic mass is 32.1. The van der Waals surface area contributed by atoms with Gasteiger partial charge in [-0.1, -0.05) is 86.1 Å². The Balaban J connectivity index is 1.38. The van der Waals surface area contributed by atoms with Crippen molar-refractivity contribution in [2.45, 2.75) is 70.5 Å². The first-order valence-corrected chi connectivity index (χ1v) is 16.7. The Morgan fingerprint density at radius 3 is 2.14 bits per heavy atom. The smallest absolute Gasteiger partial charge is 0.214 e. The second-order valence-electron chi connectivity index (χ2n) is 12.1. The fourth-order valence-electron chi connectivity index (χ4n) is 6.33. The highest BCUT2D eigenvalue weighted by molar-refractivity contribution is 7.80. The SMILES string of the molecule is CCC(CCN(C)C(=S)NC(c1ccccc1)c1ccccc1)N(C=O)c1ccccc1N(C)CCCN1CCCCC1C. The van der Waals surface area contributed by atoms with Crippen LogP contribution in [0.25, 0.3) is 0 Å². The number of piperidine rings is 1. The summed E-state index contributed by atoms with van der Waals surface area (Å²) in [4.78, 5) is 21.6. The first-order valence-electron chi connectivity index (χ1n) is 16.3. The highest BCUT2D eigenvalue weighted by Gasteiger charge is 2.23. The van der Waals surface area contributed by atoms with Gasteiger partial charge in [-0.05, 0) is 81.1 Å². The van der Waals surface area contributed by atoms with Crippen LogP contribution in [0.15, 0.2) is 84.9 Å². The molecular weight excluding hydrogens is 563 g/mol. The maximum atomic E-state index is 12.6. The monoisotopic (exact) mass is 613 g/mol. The molecule has 44 heavy (non-hydrogen) atoms. The number of amides is 1. The maximum absolute atomic E-state index is 12.6. The van der Waals surface area contributed by atoms with E-state index in [1.165, 1.54) is 36.9 Å². The fraction of sp³-hybridized carbons (Fsp3) is 0.459. The molecule has 1 heterocycles. The van der Waals surface area contributed by atoms with E-state index < -0.39 is 0 Å². The Morgan fingerprint density at radius 2 is 1.55 bits per heavy atom. The molecule has 6 nitrogen and oxygen atoms in total. The molecule has 7 heteroatoms. The lowest BCUT2D eigenvalue weighted by atomic mass is 9.99. The van der Waals surface area contributed by atoms with Crippen LogP contribution in [-0.4, -0.2) is 73.7 Å². The van der Waals surface area contributed by atoms with Gasteiger partial charge in [0, 0.05) is 45.8 Å². The maximum Gasteiger partial charge on any atom is 0.214 e. The van der Waals surface area contributed by atoms with Crippen LogP contribution in [0.1, 0.15) is 69.5 Å². The predicted molar refractivity (Wildman–Crippen MR) is 190 cm³/mol. The topological polar surface area (TPSA) is 42.1 Å². The number of thiocarbonyl (C=S) groups is 1. The normalized spacial score (nSPS) is 15.9. The number of nitrogens with one attached hydrogen (secondary N) is 1. The summed E-state index contributed by atoms with van der Waals surface area (Å²) in [6, 6.07) is 29.8. The molecule has 0 aliphatic carbocycles. The lowest BCUT2D eigenvalue weighted by Crippen LogP contribution is -2.43. The van der Waals surface area contributed by atoms with E-state index in [9.17, 15) is 4.79 Å². The molecule has 1 amide bonds. The molecule has 0 aromatic heterocycles. The fourth-order valence-corrected chi connectivity index (χ4v) is 6.54. The van der Waals surface area contributed by atoms with Crippen LogP contribution in [0.5, 0.6) is 0 Å². The van der Waals surface area contributed by atoms with Gasteiger partial charge in [0.25, 0.3) is 0 Å². The molecule has 3 aromatic carbocycles. The first kappa shape index (κ1) is 33.5. The number of hydrogen-bond acceptors (Lipinski definition) is 4. The number of benzene rings is 3. The van der Waals surface area contributed by atoms with E-state index in [-0.39, 0.29) is 12.1 Å². The van der Waals surface area contributed by atoms with Gasteiger partial charge in [0.05, 0.1) is 17.4 Å². The standard InChI is InChI=1S/C37H51N5OS/c1-5-33(24-28-40(4)37(44)38-36(31-18-8-6-9-19-31)32-20-10-7-11-21-32)42(29-43)35-23-13-12-22-34(35)39(3)25-16-27-41-26-15-14-17-30(41)2/h6-13,18-23,29-30,33,36H,5,14-17,24-28H2,1-4H3,(H,38,44). The van der Waals surface area contributed by atoms with Crippen molar-refractivity contribution < 1.29 is 4.79 Å². The summed E-state index contributed by atoms with van der Waals surface area (Å²) in [5, 5.41) is 4.29. The summed E-state index contributed by atoms with van der Waals surface area (Å²) < 4.78 is 0. The number of anilines is 2. The van der Waals surface area contributed by atoms with E-state index >= 15 is 0 Å². The van der Waals surface area contributed by atoms with Crippen molar-refractivity contribution in [2.75, 3.05) is 50.1 Å². The van der Waals surface area contributed by atoms with Crippen molar-refractivity contribution in [2.24, 2.45) is 0 Å². The van der Waals surface area contributed by atoms with Gasteiger partial charge in [-0.15, -0.1) is 0 Å². The van der Waals surface area contributed by atoms with Crippen LogP contribution >= 0.6 is 12.2 Å². The van der Waals surface area contributed by atoms with Gasteiger partial charge in [0.1, 0.15) is 0 Å². The lowest BCUT2D eigenvalue weighted by molar-refractivity contribution is -0.107. The Hall–Kier alpha value is -3.42. The summed E-state index contributed by atoms with van der Waals surface area (Å²) in [7, 11) is 4.18. The summed E-state index contributed by atoms with van der Waals surface area (Å²) in [6.45, 7) is 8.54. The third-order valence-corrected chi connectivity index (χ3v) is 9.54. The van der Waals surface area contributed by atoms with Gasteiger partial charge < -0.3 is 24.9 Å². The van der Waals surface area contributed by atoms with E-state index in [4.69, 9.17) is 12.2 Å². The first-order chi connectivity index (χ1) is 21.4. The molecule has 1 aliphatic rings. The predicted octanol–water partition coefficient (Wildman–Crippen LogP) is 7.11. The second kappa shape index (κ2) is 17.2. The van der Waals surface area contributed by atoms with E-state index in [1.807, 2.05) is 30.1 Å². The molecule has 0 saturated carbocycles. The minimum Gasteiger partial charge on any atom is -0.373 e. The average Bonchev–Trinajstić information content (AvgIpc) is 3.07. The number of carbonyl (C=O) groups excluding carboxylic acids is 1. The number of likely N-dealkylation sites (tertiary alicyclic amines) is 1. The average molecular weight is 614 g/mol. The summed E-state index contributed by atoms with van der Waals surface area (Å²) >= 11 is 5.90. The Bertz CT molecular complexity index is 1250. The van der Waals surface area contributed by atoms with Gasteiger partial charge in [-0.2, -0.15) is 0 Å². The van der Waals surface area contributed by atoms with E-state index in [1.54, 1.807) is 0 Å². The van der Waals surface area contributed by atoms with Crippen LogP contribution in [0.2, 0.25) is 0 Å². The summed E-state index contributed by atoms with van der Waals surface area (Å²) in [5.74, 6) is 0. The van der Waals surface area contributed by atoms with Crippen molar-refractivity contribution in [3.63, 3.8) is 0 Å². The summed E-state index contributed by atoms with van der Waals surface area (Å²) in [5.41, 5.74) is 4.40. The molecule has 0 bridgehead atoms. The van der Waals surface area contributed by atoms with Crippen LogP contribution in [0.3, 0.4) is 0 Å². The third-order valence-electron chi connectivity index (χ3n) is 9.11. The molecule has 1 N–H and O–H groups in total. The minimum absolute atomic E-state index is 0.0404. The molecule has 1 aliphatic heterocycles. The van der Waals surface area contributed by atoms with Crippen molar-refractivity contribution in [1.82, 2.24) is 15.1 Å². The van der Waals surface area contributed by atoms with Gasteiger partial charge >= 0.3 is 0 Å². The quantitative estimate of drug-likeness (QED) is 0.146. The Kier molecular flexibility index (Phi) is 13.1. The van der Waals surface area contributed by atoms with E-state index in [2.05, 4.69) is 108 Å². The molecule has 4 rings (SSSR count). The molecule has 1 saturated heterocycles. The molecule has 236 valence electrons. The van der Waals surface area contributed by atoms with Crippen LogP contribution in [-0.2, 0) is 4.79 Å². The second-order valence-corrected chi connectivity index (χ2v) is 12.5. The zero-order valence-corrected chi connectivity index (χ0v) is 27.9. The Labute approximate surface area is 271 Å². The molecule has 0 radical (unpaired) electrons. The third kappa shape index (κ3) is 9.05. The van der Waals surface area contributed by atoms with Gasteiger partial charge in [-0.3, -0.25) is 4.79 Å². The molecule has 0 spiro atoms. The van der Waals surface area contributed by atoms with Crippen LogP contribution < -0.4 is 15.1 Å². The van der Waals surface area contributed by atoms with Gasteiger partial charge in [0.2, 0.25) is 6.41 Å². The van der Waals surface area contributed by atoms with Gasteiger partial charge in [0.15, 0.2) is 5.11 Å². The molecule has 2 unspecified atom stereocenters. The summed E-state index contributed by atoms with van der Waals surface area (Å²) in [6.07, 6.45) is 7.75. The molecule has 2 atom stereocenters. The zero-order valence-electron chi connectivity index (χ0n) is 27.1. The van der Waals surface area contributed by atoms with Crippen LogP contribution in [0.4, 0.5) is 11.4 Å². The van der Waals surface area contributed by atoms with Gasteiger partial charge in [-0.25, -0.2) is 0 Å². The number of carbonyl (C=O) groups is 1. The largest absolute Gasteiger partial charge is 0.373 e. The van der Waals surface area contributed by atoms with Crippen molar-refractivity contribution in [1.29, 1.82) is 0 Å². The van der Waals surface area contributed by atoms with E-state index in [0.717, 1.165) is 56.7 Å². The Morgan fingerprint density at radius 1 is 0.932 bits per heavy atom. The lowest BCUT2D eigenvalue weighted by Gasteiger charge is -2.35. The zero-order chi connectivity index (χ0) is 31.3. The van der Waals surface area contributed by atoms with Crippen LogP contribution in [0, 0.1) is 0 Å². The minimum atomic E-state index is -0.0404. The molecule has 1 fully saturated rings. The molecule has 3 aromatic rings. The van der Waals surface area contributed by atoms with Crippen molar-refractivity contribution in [3.8, 4) is 0 Å².